The highest BCUT2D eigenvalue weighted by Crippen LogP contribution is 2.38. The van der Waals surface area contributed by atoms with E-state index in [2.05, 4.69) is 31.3 Å². The zero-order chi connectivity index (χ0) is 27.7. The summed E-state index contributed by atoms with van der Waals surface area (Å²) < 4.78 is 26.9. The third-order valence-corrected chi connectivity index (χ3v) is 5.46. The second kappa shape index (κ2) is 12.6. The molecule has 3 rings (SSSR count). The van der Waals surface area contributed by atoms with Crippen molar-refractivity contribution in [3.63, 3.8) is 0 Å². The molecule has 1 N–H and O–H groups in total. The van der Waals surface area contributed by atoms with Crippen LogP contribution in [0.3, 0.4) is 0 Å². The fraction of sp³-hybridized carbons (Fsp3) is 0.276. The highest BCUT2D eigenvalue weighted by atomic mass is 16.5. The molecule has 0 aromatic heterocycles. The number of carbonyl (C=O) groups is 2. The fourth-order valence-corrected chi connectivity index (χ4v) is 3.43. The summed E-state index contributed by atoms with van der Waals surface area (Å²) in [5.74, 6) is 0.906. The number of hydrogen-bond acceptors (Lipinski definition) is 8. The van der Waals surface area contributed by atoms with Crippen molar-refractivity contribution in [1.82, 2.24) is 5.43 Å². The summed E-state index contributed by atoms with van der Waals surface area (Å²) in [4.78, 5) is 24.8. The van der Waals surface area contributed by atoms with Gasteiger partial charge in [0.25, 0.3) is 5.91 Å². The van der Waals surface area contributed by atoms with Crippen LogP contribution in [0.5, 0.6) is 28.7 Å². The Balaban J connectivity index is 1.57. The first-order chi connectivity index (χ1) is 18.1. The number of nitrogens with one attached hydrogen (secondary N) is 1. The molecule has 0 saturated heterocycles. The van der Waals surface area contributed by atoms with E-state index < -0.39 is 11.9 Å². The first-order valence-electron chi connectivity index (χ1n) is 11.8. The number of ether oxygens (including phenoxy) is 5. The van der Waals surface area contributed by atoms with Crippen LogP contribution in [0.1, 0.15) is 42.3 Å². The Morgan fingerprint density at radius 1 is 0.868 bits per heavy atom. The predicted molar refractivity (Wildman–Crippen MR) is 144 cm³/mol. The second-order valence-corrected chi connectivity index (χ2v) is 9.23. The van der Waals surface area contributed by atoms with Crippen molar-refractivity contribution >= 4 is 18.1 Å². The molecule has 1 amide bonds. The maximum atomic E-state index is 12.7. The monoisotopic (exact) mass is 520 g/mol. The minimum Gasteiger partial charge on any atom is -0.493 e. The highest BCUT2D eigenvalue weighted by Gasteiger charge is 2.18. The molecule has 3 aromatic rings. The molecular formula is C29H32N2O7. The molecule has 3 aromatic carbocycles. The normalized spacial score (nSPS) is 11.1. The molecule has 9 nitrogen and oxygen atoms in total. The minimum atomic E-state index is -0.612. The molecule has 0 radical (unpaired) electrons. The van der Waals surface area contributed by atoms with E-state index in [9.17, 15) is 9.59 Å². The van der Waals surface area contributed by atoms with Crippen LogP contribution in [-0.4, -0.2) is 46.0 Å². The number of amides is 1. The SMILES string of the molecule is COc1cc(C(=O)Oc2cccc(/C=N\NC(=O)COc3ccc(C(C)(C)C)cc3)c2)cc(OC)c1OC. The van der Waals surface area contributed by atoms with Crippen molar-refractivity contribution in [3.05, 3.63) is 77.4 Å². The van der Waals surface area contributed by atoms with Gasteiger partial charge < -0.3 is 23.7 Å². The minimum absolute atomic E-state index is 0.0387. The van der Waals surface area contributed by atoms with E-state index in [4.69, 9.17) is 23.7 Å². The molecule has 0 spiro atoms. The Morgan fingerprint density at radius 3 is 2.11 bits per heavy atom. The number of rotatable bonds is 10. The molecule has 0 unspecified atom stereocenters. The smallest absolute Gasteiger partial charge is 0.343 e. The van der Waals surface area contributed by atoms with Gasteiger partial charge in [-0.15, -0.1) is 0 Å². The van der Waals surface area contributed by atoms with Gasteiger partial charge in [-0.2, -0.15) is 5.10 Å². The van der Waals surface area contributed by atoms with Gasteiger partial charge in [0.1, 0.15) is 11.5 Å². The molecule has 0 atom stereocenters. The van der Waals surface area contributed by atoms with E-state index >= 15 is 0 Å². The highest BCUT2D eigenvalue weighted by molar-refractivity contribution is 5.93. The van der Waals surface area contributed by atoms with Crippen LogP contribution in [0.15, 0.2) is 65.8 Å². The zero-order valence-corrected chi connectivity index (χ0v) is 22.4. The maximum absolute atomic E-state index is 12.7. The Bertz CT molecular complexity index is 1270. The van der Waals surface area contributed by atoms with Crippen LogP contribution >= 0.6 is 0 Å². The molecule has 9 heteroatoms. The summed E-state index contributed by atoms with van der Waals surface area (Å²) in [6.45, 7) is 6.20. The van der Waals surface area contributed by atoms with Gasteiger partial charge in [0.2, 0.25) is 5.75 Å². The standard InChI is InChI=1S/C29H32N2O7/c1-29(2,3)21-10-12-22(13-11-21)37-18-26(32)31-30-17-19-8-7-9-23(14-19)38-28(33)20-15-24(34-4)27(36-6)25(16-20)35-5/h7-17H,18H2,1-6H3,(H,31,32)/b30-17-. The summed E-state index contributed by atoms with van der Waals surface area (Å²) in [6, 6.07) is 17.3. The van der Waals surface area contributed by atoms with Crippen LogP contribution in [0, 0.1) is 0 Å². The lowest BCUT2D eigenvalue weighted by molar-refractivity contribution is -0.123. The summed E-state index contributed by atoms with van der Waals surface area (Å²) in [6.07, 6.45) is 1.44. The average Bonchev–Trinajstić information content (AvgIpc) is 2.91. The summed E-state index contributed by atoms with van der Waals surface area (Å²) in [7, 11) is 4.40. The summed E-state index contributed by atoms with van der Waals surface area (Å²) in [5.41, 5.74) is 4.46. The molecule has 0 saturated carbocycles. The van der Waals surface area contributed by atoms with Gasteiger partial charge in [-0.25, -0.2) is 10.2 Å². The van der Waals surface area contributed by atoms with Crippen molar-refractivity contribution in [2.75, 3.05) is 27.9 Å². The number of hydrogen-bond donors (Lipinski definition) is 1. The van der Waals surface area contributed by atoms with Crippen LogP contribution in [0.4, 0.5) is 0 Å². The first-order valence-corrected chi connectivity index (χ1v) is 11.8. The van der Waals surface area contributed by atoms with Crippen LogP contribution in [0.2, 0.25) is 0 Å². The van der Waals surface area contributed by atoms with Crippen molar-refractivity contribution in [3.8, 4) is 28.7 Å². The molecule has 0 aliphatic carbocycles. The van der Waals surface area contributed by atoms with E-state index in [0.717, 1.165) is 0 Å². The number of esters is 1. The Hall–Kier alpha value is -4.53. The second-order valence-electron chi connectivity index (χ2n) is 9.23. The third kappa shape index (κ3) is 7.49. The molecule has 0 aliphatic rings. The van der Waals surface area contributed by atoms with Crippen molar-refractivity contribution in [2.45, 2.75) is 26.2 Å². The van der Waals surface area contributed by atoms with E-state index in [1.165, 1.54) is 45.2 Å². The van der Waals surface area contributed by atoms with Gasteiger partial charge in [-0.05, 0) is 52.9 Å². The topological polar surface area (TPSA) is 105 Å². The number of benzene rings is 3. The summed E-state index contributed by atoms with van der Waals surface area (Å²) >= 11 is 0. The number of methoxy groups -OCH3 is 3. The lowest BCUT2D eigenvalue weighted by atomic mass is 9.87. The van der Waals surface area contributed by atoms with Gasteiger partial charge >= 0.3 is 5.97 Å². The van der Waals surface area contributed by atoms with Gasteiger partial charge in [-0.3, -0.25) is 4.79 Å². The van der Waals surface area contributed by atoms with Crippen molar-refractivity contribution < 1.29 is 33.3 Å². The van der Waals surface area contributed by atoms with Crippen LogP contribution in [0.25, 0.3) is 0 Å². The summed E-state index contributed by atoms with van der Waals surface area (Å²) in [5, 5.41) is 3.95. The van der Waals surface area contributed by atoms with Crippen LogP contribution in [-0.2, 0) is 10.2 Å². The number of hydrazone groups is 1. The predicted octanol–water partition coefficient (Wildman–Crippen LogP) is 4.76. The van der Waals surface area contributed by atoms with E-state index in [1.54, 1.807) is 24.3 Å². The van der Waals surface area contributed by atoms with Crippen LogP contribution < -0.4 is 29.1 Å². The van der Waals surface area contributed by atoms with Gasteiger partial charge in [-0.1, -0.05) is 45.0 Å². The number of carbonyl (C=O) groups excluding carboxylic acids is 2. The molecule has 38 heavy (non-hydrogen) atoms. The molecule has 0 heterocycles. The molecular weight excluding hydrogens is 488 g/mol. The maximum Gasteiger partial charge on any atom is 0.343 e. The Kier molecular flexibility index (Phi) is 9.32. The zero-order valence-electron chi connectivity index (χ0n) is 22.4. The quantitative estimate of drug-likeness (QED) is 0.178. The average molecular weight is 521 g/mol. The van der Waals surface area contributed by atoms with E-state index in [1.807, 2.05) is 24.3 Å². The van der Waals surface area contributed by atoms with Crippen molar-refractivity contribution in [1.29, 1.82) is 0 Å². The number of nitrogens with zero attached hydrogens (tertiary/aromatic N) is 1. The molecule has 0 bridgehead atoms. The molecule has 0 aliphatic heterocycles. The fourth-order valence-electron chi connectivity index (χ4n) is 3.43. The largest absolute Gasteiger partial charge is 0.493 e. The van der Waals surface area contributed by atoms with Gasteiger partial charge in [0.05, 0.1) is 33.1 Å². The van der Waals surface area contributed by atoms with E-state index in [0.29, 0.717) is 34.3 Å². The third-order valence-electron chi connectivity index (χ3n) is 5.46. The van der Waals surface area contributed by atoms with E-state index in [-0.39, 0.29) is 17.6 Å². The molecule has 200 valence electrons. The Morgan fingerprint density at radius 2 is 1.53 bits per heavy atom. The lowest BCUT2D eigenvalue weighted by Crippen LogP contribution is -2.24. The first kappa shape index (κ1) is 28.0. The van der Waals surface area contributed by atoms with Gasteiger partial charge in [0, 0.05) is 0 Å². The Labute approximate surface area is 222 Å². The van der Waals surface area contributed by atoms with Gasteiger partial charge in [0.15, 0.2) is 18.1 Å². The molecule has 0 fully saturated rings. The van der Waals surface area contributed by atoms with Crippen molar-refractivity contribution in [2.24, 2.45) is 5.10 Å². The lowest BCUT2D eigenvalue weighted by Gasteiger charge is -2.19.